The van der Waals surface area contributed by atoms with Gasteiger partial charge in [-0.15, -0.1) is 0 Å². The fourth-order valence-electron chi connectivity index (χ4n) is 2.63. The van der Waals surface area contributed by atoms with Crippen LogP contribution in [0.25, 0.3) is 0 Å². The second kappa shape index (κ2) is 6.74. The third-order valence-electron chi connectivity index (χ3n) is 4.01. The number of aryl methyl sites for hydroxylation is 1. The van der Waals surface area contributed by atoms with Crippen molar-refractivity contribution in [3.05, 3.63) is 29.3 Å². The van der Waals surface area contributed by atoms with E-state index in [2.05, 4.69) is 29.0 Å². The molecule has 4 heteroatoms. The highest BCUT2D eigenvalue weighted by atomic mass is 16.5. The molecule has 1 saturated heterocycles. The smallest absolute Gasteiger partial charge is 0.121 e. The lowest BCUT2D eigenvalue weighted by Crippen LogP contribution is -2.45. The van der Waals surface area contributed by atoms with Crippen LogP contribution in [0.4, 0.5) is 0 Å². The van der Waals surface area contributed by atoms with Crippen molar-refractivity contribution in [1.82, 2.24) is 9.80 Å². The number of methoxy groups -OCH3 is 1. The lowest BCUT2D eigenvalue weighted by molar-refractivity contribution is 0.152. The second-order valence-electron chi connectivity index (χ2n) is 5.51. The molecule has 1 atom stereocenters. The lowest BCUT2D eigenvalue weighted by Gasteiger charge is -2.33. The van der Waals surface area contributed by atoms with Crippen molar-refractivity contribution in [3.63, 3.8) is 0 Å². The van der Waals surface area contributed by atoms with Gasteiger partial charge in [0, 0.05) is 32.7 Å². The first-order valence-corrected chi connectivity index (χ1v) is 7.09. The zero-order valence-corrected chi connectivity index (χ0v) is 12.6. The van der Waals surface area contributed by atoms with Crippen LogP contribution in [0.2, 0.25) is 0 Å². The van der Waals surface area contributed by atoms with Gasteiger partial charge >= 0.3 is 0 Å². The average molecular weight is 273 g/mol. The third kappa shape index (κ3) is 3.50. The van der Waals surface area contributed by atoms with Crippen LogP contribution in [0, 0.1) is 18.3 Å². The van der Waals surface area contributed by atoms with E-state index in [0.717, 1.165) is 49.6 Å². The number of benzene rings is 1. The van der Waals surface area contributed by atoms with Crippen molar-refractivity contribution in [3.8, 4) is 11.8 Å². The van der Waals surface area contributed by atoms with Gasteiger partial charge in [-0.05, 0) is 31.2 Å². The summed E-state index contributed by atoms with van der Waals surface area (Å²) >= 11 is 0. The van der Waals surface area contributed by atoms with Gasteiger partial charge in [0.05, 0.1) is 19.1 Å². The topological polar surface area (TPSA) is 39.5 Å². The molecule has 1 fully saturated rings. The molecule has 2 rings (SSSR count). The monoisotopic (exact) mass is 273 g/mol. The van der Waals surface area contributed by atoms with Crippen molar-refractivity contribution in [1.29, 1.82) is 5.26 Å². The zero-order valence-electron chi connectivity index (χ0n) is 12.6. The molecular weight excluding hydrogens is 250 g/mol. The van der Waals surface area contributed by atoms with Crippen LogP contribution in [0.3, 0.4) is 0 Å². The minimum Gasteiger partial charge on any atom is -0.496 e. The number of ether oxygens (including phenoxy) is 1. The van der Waals surface area contributed by atoms with Crippen LogP contribution >= 0.6 is 0 Å². The Morgan fingerprint density at radius 2 is 2.00 bits per heavy atom. The molecule has 20 heavy (non-hydrogen) atoms. The van der Waals surface area contributed by atoms with Crippen molar-refractivity contribution in [2.24, 2.45) is 0 Å². The highest BCUT2D eigenvalue weighted by Crippen LogP contribution is 2.24. The summed E-state index contributed by atoms with van der Waals surface area (Å²) in [6.07, 6.45) is 0. The quantitative estimate of drug-likeness (QED) is 0.839. The number of likely N-dealkylation sites (N-methyl/N-ethyl adjacent to an activating group) is 1. The van der Waals surface area contributed by atoms with Crippen LogP contribution in [0.1, 0.15) is 17.0 Å². The van der Waals surface area contributed by atoms with Crippen LogP contribution in [0.15, 0.2) is 18.2 Å². The normalized spacial score (nSPS) is 18.5. The van der Waals surface area contributed by atoms with Gasteiger partial charge in [-0.3, -0.25) is 4.90 Å². The fourth-order valence-corrected chi connectivity index (χ4v) is 2.63. The van der Waals surface area contributed by atoms with E-state index in [9.17, 15) is 5.26 Å². The molecule has 0 spiro atoms. The number of rotatable bonds is 4. The first kappa shape index (κ1) is 14.8. The molecule has 0 bridgehead atoms. The summed E-state index contributed by atoms with van der Waals surface area (Å²) in [6, 6.07) is 8.48. The van der Waals surface area contributed by atoms with Gasteiger partial charge < -0.3 is 9.64 Å². The number of nitrogens with zero attached hydrogens (tertiary/aromatic N) is 3. The zero-order chi connectivity index (χ0) is 14.5. The first-order chi connectivity index (χ1) is 9.63. The molecule has 1 aromatic rings. The summed E-state index contributed by atoms with van der Waals surface area (Å²) < 4.78 is 5.28. The third-order valence-corrected chi connectivity index (χ3v) is 4.01. The summed E-state index contributed by atoms with van der Waals surface area (Å²) in [6.45, 7) is 7.09. The fraction of sp³-hybridized carbons (Fsp3) is 0.562. The van der Waals surface area contributed by atoms with Crippen molar-refractivity contribution in [2.75, 3.05) is 46.9 Å². The van der Waals surface area contributed by atoms with Gasteiger partial charge in [-0.25, -0.2) is 0 Å². The van der Waals surface area contributed by atoms with E-state index in [-0.39, 0.29) is 5.92 Å². The number of nitriles is 1. The molecule has 0 saturated carbocycles. The molecule has 1 aliphatic rings. The van der Waals surface area contributed by atoms with Gasteiger partial charge in [0.1, 0.15) is 5.75 Å². The predicted octanol–water partition coefficient (Wildman–Crippen LogP) is 1.86. The molecule has 0 radical (unpaired) electrons. The standard InChI is InChI=1S/C16H23N3O/c1-13-10-14(4-5-16(13)20-3)15(11-17)12-19-8-6-18(2)7-9-19/h4-5,10,15H,6-9,12H2,1-3H3. The second-order valence-corrected chi connectivity index (χ2v) is 5.51. The number of piperazine rings is 1. The molecule has 108 valence electrons. The van der Waals surface area contributed by atoms with Crippen LogP contribution in [-0.4, -0.2) is 56.7 Å². The largest absolute Gasteiger partial charge is 0.496 e. The predicted molar refractivity (Wildman–Crippen MR) is 80.0 cm³/mol. The van der Waals surface area contributed by atoms with Crippen LogP contribution in [-0.2, 0) is 0 Å². The summed E-state index contributed by atoms with van der Waals surface area (Å²) in [5.41, 5.74) is 2.17. The van der Waals surface area contributed by atoms with E-state index < -0.39 is 0 Å². The molecule has 0 N–H and O–H groups in total. The Morgan fingerprint density at radius 3 is 2.55 bits per heavy atom. The van der Waals surface area contributed by atoms with Crippen molar-refractivity contribution in [2.45, 2.75) is 12.8 Å². The lowest BCUT2D eigenvalue weighted by atomic mass is 9.97. The van der Waals surface area contributed by atoms with E-state index in [0.29, 0.717) is 0 Å². The maximum Gasteiger partial charge on any atom is 0.121 e. The first-order valence-electron chi connectivity index (χ1n) is 7.09. The Morgan fingerprint density at radius 1 is 1.30 bits per heavy atom. The molecule has 1 unspecified atom stereocenters. The van der Waals surface area contributed by atoms with Gasteiger partial charge in [0.15, 0.2) is 0 Å². The van der Waals surface area contributed by atoms with Crippen molar-refractivity contribution < 1.29 is 4.74 Å². The maximum absolute atomic E-state index is 9.46. The molecule has 0 amide bonds. The average Bonchev–Trinajstić information content (AvgIpc) is 2.46. The summed E-state index contributed by atoms with van der Waals surface area (Å²) in [5, 5.41) is 9.46. The van der Waals surface area contributed by atoms with Crippen LogP contribution < -0.4 is 4.74 Å². The van der Waals surface area contributed by atoms with Crippen LogP contribution in [0.5, 0.6) is 5.75 Å². The number of hydrogen-bond acceptors (Lipinski definition) is 4. The Hall–Kier alpha value is -1.57. The van der Waals surface area contributed by atoms with Gasteiger partial charge in [0.25, 0.3) is 0 Å². The van der Waals surface area contributed by atoms with Crippen molar-refractivity contribution >= 4 is 0 Å². The minimum absolute atomic E-state index is 0.0667. The summed E-state index contributed by atoms with van der Waals surface area (Å²) in [7, 11) is 3.82. The van der Waals surface area contributed by atoms with Gasteiger partial charge in [-0.1, -0.05) is 12.1 Å². The maximum atomic E-state index is 9.46. The Balaban J connectivity index is 2.05. The Bertz CT molecular complexity index is 487. The highest BCUT2D eigenvalue weighted by molar-refractivity contribution is 5.39. The minimum atomic E-state index is -0.0667. The highest BCUT2D eigenvalue weighted by Gasteiger charge is 2.19. The van der Waals surface area contributed by atoms with E-state index in [1.807, 2.05) is 19.1 Å². The van der Waals surface area contributed by atoms with Gasteiger partial charge in [0.2, 0.25) is 0 Å². The summed E-state index contributed by atoms with van der Waals surface area (Å²) in [4.78, 5) is 4.71. The molecule has 0 aliphatic carbocycles. The molecule has 0 aromatic heterocycles. The molecule has 1 aromatic carbocycles. The Labute approximate surface area is 121 Å². The molecule has 1 heterocycles. The SMILES string of the molecule is COc1ccc(C(C#N)CN2CCN(C)CC2)cc1C. The molecular formula is C16H23N3O. The molecule has 1 aliphatic heterocycles. The van der Waals surface area contributed by atoms with E-state index in [1.165, 1.54) is 0 Å². The summed E-state index contributed by atoms with van der Waals surface area (Å²) in [5.74, 6) is 0.813. The van der Waals surface area contributed by atoms with E-state index in [4.69, 9.17) is 4.74 Å². The van der Waals surface area contributed by atoms with E-state index >= 15 is 0 Å². The number of hydrogen-bond donors (Lipinski definition) is 0. The Kier molecular flexibility index (Phi) is 4.99. The van der Waals surface area contributed by atoms with Gasteiger partial charge in [-0.2, -0.15) is 5.26 Å². The van der Waals surface area contributed by atoms with E-state index in [1.54, 1.807) is 7.11 Å². The molecule has 4 nitrogen and oxygen atoms in total.